The predicted molar refractivity (Wildman–Crippen MR) is 50.3 cm³/mol. The average Bonchev–Trinajstić information content (AvgIpc) is 2.77. The summed E-state index contributed by atoms with van der Waals surface area (Å²) < 4.78 is 6.78. The average molecular weight is 209 g/mol. The van der Waals surface area contributed by atoms with Gasteiger partial charge in [0.1, 0.15) is 23.3 Å². The zero-order valence-electron chi connectivity index (χ0n) is 7.14. The third-order valence-corrected chi connectivity index (χ3v) is 2.98. The number of alkyl carbamates (subject to hydrolysis) is 1. The highest BCUT2D eigenvalue weighted by molar-refractivity contribution is 7.15. The van der Waals surface area contributed by atoms with Crippen LogP contribution < -0.4 is 5.32 Å². The Labute approximate surface area is 83.3 Å². The summed E-state index contributed by atoms with van der Waals surface area (Å²) in [5.74, 6) is 0.826. The van der Waals surface area contributed by atoms with Gasteiger partial charge in [0.2, 0.25) is 0 Å². The van der Waals surface area contributed by atoms with Crippen LogP contribution in [0.15, 0.2) is 17.8 Å². The maximum absolute atomic E-state index is 10.9. The van der Waals surface area contributed by atoms with E-state index >= 15 is 0 Å². The lowest BCUT2D eigenvalue weighted by atomic mass is 10.3. The van der Waals surface area contributed by atoms with Gasteiger partial charge in [-0.2, -0.15) is 0 Å². The molecule has 1 fully saturated rings. The molecule has 2 aromatic heterocycles. The summed E-state index contributed by atoms with van der Waals surface area (Å²) in [6.07, 6.45) is 3.36. The van der Waals surface area contributed by atoms with E-state index in [2.05, 4.69) is 10.3 Å². The fourth-order valence-electron chi connectivity index (χ4n) is 1.54. The SMILES string of the molecule is O=C1N[C@H](c2ncc3sccn23)CO1. The van der Waals surface area contributed by atoms with Crippen molar-refractivity contribution in [2.24, 2.45) is 0 Å². The first-order valence-electron chi connectivity index (χ1n) is 4.18. The maximum Gasteiger partial charge on any atom is 0.407 e. The van der Waals surface area contributed by atoms with Crippen molar-refractivity contribution in [3.8, 4) is 0 Å². The van der Waals surface area contributed by atoms with Crippen molar-refractivity contribution in [3.63, 3.8) is 0 Å². The first kappa shape index (κ1) is 7.81. The summed E-state index contributed by atoms with van der Waals surface area (Å²) in [4.78, 5) is 16.2. The van der Waals surface area contributed by atoms with Crippen molar-refractivity contribution in [2.75, 3.05) is 6.61 Å². The zero-order chi connectivity index (χ0) is 9.54. The molecule has 3 rings (SSSR count). The summed E-state index contributed by atoms with van der Waals surface area (Å²) in [5, 5.41) is 4.68. The molecule has 0 aliphatic carbocycles. The highest BCUT2D eigenvalue weighted by atomic mass is 32.1. The van der Waals surface area contributed by atoms with Crippen molar-refractivity contribution in [1.82, 2.24) is 14.7 Å². The Morgan fingerprint density at radius 1 is 1.71 bits per heavy atom. The first-order chi connectivity index (χ1) is 6.84. The molecule has 1 atom stereocenters. The van der Waals surface area contributed by atoms with Crippen molar-refractivity contribution in [2.45, 2.75) is 6.04 Å². The molecule has 5 nitrogen and oxygen atoms in total. The number of aromatic nitrogens is 2. The quantitative estimate of drug-likeness (QED) is 0.767. The van der Waals surface area contributed by atoms with Crippen LogP contribution in [0.2, 0.25) is 0 Å². The van der Waals surface area contributed by atoms with Crippen LogP contribution in [0.25, 0.3) is 4.83 Å². The molecule has 0 unspecified atom stereocenters. The minimum Gasteiger partial charge on any atom is -0.447 e. The van der Waals surface area contributed by atoms with Gasteiger partial charge in [-0.05, 0) is 0 Å². The lowest BCUT2D eigenvalue weighted by Crippen LogP contribution is -2.20. The maximum atomic E-state index is 10.9. The van der Waals surface area contributed by atoms with Gasteiger partial charge < -0.3 is 10.1 Å². The number of nitrogens with one attached hydrogen (secondary N) is 1. The number of hydrogen-bond acceptors (Lipinski definition) is 4. The molecule has 72 valence electrons. The molecular weight excluding hydrogens is 202 g/mol. The minimum atomic E-state index is -0.373. The number of rotatable bonds is 1. The molecule has 1 N–H and O–H groups in total. The Morgan fingerprint density at radius 2 is 2.64 bits per heavy atom. The van der Waals surface area contributed by atoms with Crippen LogP contribution in [0, 0.1) is 0 Å². The standard InChI is InChI=1S/C8H7N3O2S/c12-8-10-5(4-13-8)7-9-3-6-11(7)1-2-14-6/h1-3,5H,4H2,(H,10,12)/t5-/m0/s1. The van der Waals surface area contributed by atoms with Crippen LogP contribution in [0.1, 0.15) is 11.9 Å². The molecular formula is C8H7N3O2S. The van der Waals surface area contributed by atoms with Gasteiger partial charge >= 0.3 is 6.09 Å². The predicted octanol–water partition coefficient (Wildman–Crippen LogP) is 1.18. The topological polar surface area (TPSA) is 55.6 Å². The number of cyclic esters (lactones) is 1. The Morgan fingerprint density at radius 3 is 3.43 bits per heavy atom. The normalized spacial score (nSPS) is 21.1. The van der Waals surface area contributed by atoms with E-state index in [1.165, 1.54) is 0 Å². The molecule has 0 bridgehead atoms. The Balaban J connectivity index is 2.05. The van der Waals surface area contributed by atoms with E-state index in [1.54, 1.807) is 17.5 Å². The van der Waals surface area contributed by atoms with Crippen molar-refractivity contribution >= 4 is 22.3 Å². The second kappa shape index (κ2) is 2.71. The highest BCUT2D eigenvalue weighted by Gasteiger charge is 2.27. The fraction of sp³-hybridized carbons (Fsp3) is 0.250. The van der Waals surface area contributed by atoms with E-state index < -0.39 is 0 Å². The van der Waals surface area contributed by atoms with E-state index in [1.807, 2.05) is 16.0 Å². The Hall–Kier alpha value is -1.56. The number of fused-ring (bicyclic) bond motifs is 1. The zero-order valence-corrected chi connectivity index (χ0v) is 7.95. The summed E-state index contributed by atoms with van der Waals surface area (Å²) >= 11 is 1.61. The second-order valence-electron chi connectivity index (χ2n) is 3.02. The van der Waals surface area contributed by atoms with Crippen molar-refractivity contribution < 1.29 is 9.53 Å². The fourth-order valence-corrected chi connectivity index (χ4v) is 2.24. The van der Waals surface area contributed by atoms with E-state index in [0.717, 1.165) is 10.7 Å². The number of thiazole rings is 1. The number of ether oxygens (including phenoxy) is 1. The Kier molecular flexibility index (Phi) is 1.51. The lowest BCUT2D eigenvalue weighted by Gasteiger charge is -2.03. The van der Waals surface area contributed by atoms with Crippen LogP contribution in [0.4, 0.5) is 4.79 Å². The molecule has 2 aromatic rings. The van der Waals surface area contributed by atoms with Gasteiger partial charge in [0.25, 0.3) is 0 Å². The monoisotopic (exact) mass is 209 g/mol. The second-order valence-corrected chi connectivity index (χ2v) is 3.95. The van der Waals surface area contributed by atoms with Crippen LogP contribution in [-0.4, -0.2) is 22.1 Å². The molecule has 6 heteroatoms. The molecule has 0 aromatic carbocycles. The molecule has 3 heterocycles. The highest BCUT2D eigenvalue weighted by Crippen LogP contribution is 2.21. The summed E-state index contributed by atoms with van der Waals surface area (Å²) in [6, 6.07) is -0.125. The number of imidazole rings is 1. The van der Waals surface area contributed by atoms with E-state index in [9.17, 15) is 4.79 Å². The van der Waals surface area contributed by atoms with Crippen LogP contribution in [0.5, 0.6) is 0 Å². The number of carbonyl (C=O) groups excluding carboxylic acids is 1. The smallest absolute Gasteiger partial charge is 0.407 e. The molecule has 14 heavy (non-hydrogen) atoms. The van der Waals surface area contributed by atoms with Gasteiger partial charge in [-0.15, -0.1) is 11.3 Å². The minimum absolute atomic E-state index is 0.125. The molecule has 1 aliphatic heterocycles. The number of amides is 1. The van der Waals surface area contributed by atoms with Gasteiger partial charge in [-0.25, -0.2) is 9.78 Å². The van der Waals surface area contributed by atoms with Gasteiger partial charge in [0.05, 0.1) is 6.20 Å². The van der Waals surface area contributed by atoms with Crippen molar-refractivity contribution in [1.29, 1.82) is 0 Å². The summed E-state index contributed by atoms with van der Waals surface area (Å²) in [7, 11) is 0. The number of hydrogen-bond donors (Lipinski definition) is 1. The molecule has 1 saturated heterocycles. The molecule has 0 spiro atoms. The summed E-state index contributed by atoms with van der Waals surface area (Å²) in [6.45, 7) is 0.355. The first-order valence-corrected chi connectivity index (χ1v) is 5.06. The molecule has 1 amide bonds. The van der Waals surface area contributed by atoms with E-state index in [0.29, 0.717) is 6.61 Å². The molecule has 0 saturated carbocycles. The van der Waals surface area contributed by atoms with E-state index in [4.69, 9.17) is 4.74 Å². The van der Waals surface area contributed by atoms with E-state index in [-0.39, 0.29) is 12.1 Å². The third-order valence-electron chi connectivity index (χ3n) is 2.18. The number of carbonyl (C=O) groups is 1. The van der Waals surface area contributed by atoms with Gasteiger partial charge in [-0.3, -0.25) is 4.40 Å². The largest absolute Gasteiger partial charge is 0.447 e. The van der Waals surface area contributed by atoms with Crippen LogP contribution >= 0.6 is 11.3 Å². The summed E-state index contributed by atoms with van der Waals surface area (Å²) in [5.41, 5.74) is 0. The Bertz CT molecular complexity index is 489. The van der Waals surface area contributed by atoms with Gasteiger partial charge in [0.15, 0.2) is 0 Å². The number of nitrogens with zero attached hydrogens (tertiary/aromatic N) is 2. The van der Waals surface area contributed by atoms with Crippen LogP contribution in [0.3, 0.4) is 0 Å². The van der Waals surface area contributed by atoms with Crippen molar-refractivity contribution in [3.05, 3.63) is 23.6 Å². The van der Waals surface area contributed by atoms with Gasteiger partial charge in [0, 0.05) is 11.6 Å². The molecule has 1 aliphatic rings. The van der Waals surface area contributed by atoms with Crippen LogP contribution in [-0.2, 0) is 4.74 Å². The van der Waals surface area contributed by atoms with Gasteiger partial charge in [-0.1, -0.05) is 0 Å². The third kappa shape index (κ3) is 1.00. The molecule has 0 radical (unpaired) electrons. The lowest BCUT2D eigenvalue weighted by molar-refractivity contribution is 0.176.